The molecule has 0 aliphatic rings. The Morgan fingerprint density at radius 3 is 2.71 bits per heavy atom. The molecule has 0 fully saturated rings. The maximum atomic E-state index is 13.5. The molecule has 0 N–H and O–H groups in total. The molecule has 0 aromatic heterocycles. The average Bonchev–Trinajstić information content (AvgIpc) is 2.28. The van der Waals surface area contributed by atoms with Crippen LogP contribution in [-0.2, 0) is 6.61 Å². The third-order valence-electron chi connectivity index (χ3n) is 2.21. The van der Waals surface area contributed by atoms with Gasteiger partial charge in [-0.3, -0.25) is 0 Å². The van der Waals surface area contributed by atoms with Crippen LogP contribution in [0.2, 0.25) is 0 Å². The van der Waals surface area contributed by atoms with E-state index in [4.69, 9.17) is 4.74 Å². The Labute approximate surface area is 121 Å². The third kappa shape index (κ3) is 3.67. The van der Waals surface area contributed by atoms with Crippen molar-refractivity contribution in [2.24, 2.45) is 0 Å². The van der Waals surface area contributed by atoms with Crippen LogP contribution in [0.5, 0.6) is 5.75 Å². The van der Waals surface area contributed by atoms with Crippen LogP contribution in [0.4, 0.5) is 4.39 Å². The van der Waals surface area contributed by atoms with Gasteiger partial charge in [-0.2, -0.15) is 0 Å². The van der Waals surface area contributed by atoms with Crippen LogP contribution < -0.4 is 4.74 Å². The summed E-state index contributed by atoms with van der Waals surface area (Å²) in [6.45, 7) is 0.235. The summed E-state index contributed by atoms with van der Waals surface area (Å²) in [6, 6.07) is 12.6. The Kier molecular flexibility index (Phi) is 4.39. The van der Waals surface area contributed by atoms with E-state index >= 15 is 0 Å². The Hall–Kier alpha value is -0.620. The van der Waals surface area contributed by atoms with Gasteiger partial charge in [0.15, 0.2) is 0 Å². The van der Waals surface area contributed by atoms with E-state index < -0.39 is 0 Å². The number of hydrogen-bond donors (Lipinski definition) is 0. The van der Waals surface area contributed by atoms with Crippen LogP contribution in [0.15, 0.2) is 46.9 Å². The molecule has 4 heteroatoms. The lowest BCUT2D eigenvalue weighted by molar-refractivity contribution is 0.299. The SMILES string of the molecule is Fc1cc(Br)ccc1COc1cccc(I)c1. The number of benzene rings is 2. The smallest absolute Gasteiger partial charge is 0.130 e. The van der Waals surface area contributed by atoms with Gasteiger partial charge in [0.1, 0.15) is 18.2 Å². The summed E-state index contributed by atoms with van der Waals surface area (Å²) in [6.07, 6.45) is 0. The van der Waals surface area contributed by atoms with Gasteiger partial charge in [-0.25, -0.2) is 4.39 Å². The Bertz CT molecular complexity index is 531. The lowest BCUT2D eigenvalue weighted by Crippen LogP contribution is -1.98. The Morgan fingerprint density at radius 1 is 1.18 bits per heavy atom. The van der Waals surface area contributed by atoms with Crippen molar-refractivity contribution in [2.45, 2.75) is 6.61 Å². The number of halogens is 3. The van der Waals surface area contributed by atoms with Crippen molar-refractivity contribution >= 4 is 38.5 Å². The van der Waals surface area contributed by atoms with Gasteiger partial charge >= 0.3 is 0 Å². The highest BCUT2D eigenvalue weighted by molar-refractivity contribution is 14.1. The molecular weight excluding hydrogens is 398 g/mol. The molecule has 0 unspecified atom stereocenters. The van der Waals surface area contributed by atoms with E-state index in [2.05, 4.69) is 38.5 Å². The predicted molar refractivity (Wildman–Crippen MR) is 77.6 cm³/mol. The molecule has 88 valence electrons. The minimum atomic E-state index is -0.259. The monoisotopic (exact) mass is 406 g/mol. The molecule has 1 nitrogen and oxygen atoms in total. The van der Waals surface area contributed by atoms with Crippen LogP contribution in [0.3, 0.4) is 0 Å². The molecule has 2 rings (SSSR count). The molecule has 0 amide bonds. The fraction of sp³-hybridized carbons (Fsp3) is 0.0769. The van der Waals surface area contributed by atoms with Gasteiger partial charge in [0.05, 0.1) is 0 Å². The lowest BCUT2D eigenvalue weighted by Gasteiger charge is -2.07. The highest BCUT2D eigenvalue weighted by atomic mass is 127. The van der Waals surface area contributed by atoms with E-state index in [1.165, 1.54) is 6.07 Å². The van der Waals surface area contributed by atoms with Gasteiger partial charge in [0.2, 0.25) is 0 Å². The van der Waals surface area contributed by atoms with E-state index in [1.807, 2.05) is 24.3 Å². The number of rotatable bonds is 3. The molecule has 0 spiro atoms. The summed E-state index contributed by atoms with van der Waals surface area (Å²) in [5.41, 5.74) is 0.548. The van der Waals surface area contributed by atoms with Crippen molar-refractivity contribution < 1.29 is 9.13 Å². The van der Waals surface area contributed by atoms with Gasteiger partial charge in [0.25, 0.3) is 0 Å². The molecule has 0 radical (unpaired) electrons. The number of hydrogen-bond acceptors (Lipinski definition) is 1. The second-order valence-electron chi connectivity index (χ2n) is 3.48. The quantitative estimate of drug-likeness (QED) is 0.667. The molecule has 2 aromatic rings. The highest BCUT2D eigenvalue weighted by Gasteiger charge is 2.03. The van der Waals surface area contributed by atoms with Crippen molar-refractivity contribution in [3.63, 3.8) is 0 Å². The molecule has 0 bridgehead atoms. The van der Waals surface area contributed by atoms with Crippen molar-refractivity contribution in [3.05, 3.63) is 61.9 Å². The summed E-state index contributed by atoms with van der Waals surface area (Å²) in [5.74, 6) is 0.490. The molecule has 0 saturated carbocycles. The second-order valence-corrected chi connectivity index (χ2v) is 5.64. The maximum absolute atomic E-state index is 13.5. The van der Waals surface area contributed by atoms with Gasteiger partial charge in [-0.05, 0) is 52.9 Å². The van der Waals surface area contributed by atoms with Crippen molar-refractivity contribution in [2.75, 3.05) is 0 Å². The summed E-state index contributed by atoms with van der Waals surface area (Å²) >= 11 is 5.43. The molecule has 0 saturated heterocycles. The lowest BCUT2D eigenvalue weighted by atomic mass is 10.2. The van der Waals surface area contributed by atoms with Crippen molar-refractivity contribution in [3.8, 4) is 5.75 Å². The molecule has 0 heterocycles. The first-order valence-corrected chi connectivity index (χ1v) is 6.84. The first-order chi connectivity index (χ1) is 8.15. The van der Waals surface area contributed by atoms with Crippen LogP contribution in [0.25, 0.3) is 0 Å². The molecule has 2 aromatic carbocycles. The fourth-order valence-corrected chi connectivity index (χ4v) is 2.20. The summed E-state index contributed by atoms with van der Waals surface area (Å²) in [4.78, 5) is 0. The normalized spacial score (nSPS) is 10.3. The first kappa shape index (κ1) is 12.8. The van der Waals surface area contributed by atoms with E-state index in [-0.39, 0.29) is 12.4 Å². The van der Waals surface area contributed by atoms with Crippen LogP contribution in [0.1, 0.15) is 5.56 Å². The average molecular weight is 407 g/mol. The van der Waals surface area contributed by atoms with Crippen LogP contribution in [0, 0.1) is 9.39 Å². The molecule has 0 atom stereocenters. The zero-order chi connectivity index (χ0) is 12.3. The van der Waals surface area contributed by atoms with E-state index in [0.717, 1.165) is 13.8 Å². The zero-order valence-corrected chi connectivity index (χ0v) is 12.5. The zero-order valence-electron chi connectivity index (χ0n) is 8.79. The molecule has 0 aliphatic heterocycles. The van der Waals surface area contributed by atoms with Gasteiger partial charge < -0.3 is 4.74 Å². The largest absolute Gasteiger partial charge is 0.489 e. The Balaban J connectivity index is 2.07. The summed E-state index contributed by atoms with van der Waals surface area (Å²) in [5, 5.41) is 0. The minimum absolute atomic E-state index is 0.235. The minimum Gasteiger partial charge on any atom is -0.489 e. The van der Waals surface area contributed by atoms with E-state index in [9.17, 15) is 4.39 Å². The van der Waals surface area contributed by atoms with Gasteiger partial charge in [0, 0.05) is 13.6 Å². The van der Waals surface area contributed by atoms with E-state index in [0.29, 0.717) is 5.56 Å². The molecule has 17 heavy (non-hydrogen) atoms. The van der Waals surface area contributed by atoms with Gasteiger partial charge in [-0.15, -0.1) is 0 Å². The maximum Gasteiger partial charge on any atom is 0.130 e. The van der Waals surface area contributed by atoms with Gasteiger partial charge in [-0.1, -0.05) is 28.1 Å². The topological polar surface area (TPSA) is 9.23 Å². The van der Waals surface area contributed by atoms with Crippen LogP contribution >= 0.6 is 38.5 Å². The number of ether oxygens (including phenoxy) is 1. The second kappa shape index (κ2) is 5.82. The van der Waals surface area contributed by atoms with Crippen molar-refractivity contribution in [1.29, 1.82) is 0 Å². The van der Waals surface area contributed by atoms with Crippen molar-refractivity contribution in [1.82, 2.24) is 0 Å². The highest BCUT2D eigenvalue weighted by Crippen LogP contribution is 2.19. The predicted octanol–water partition coefficient (Wildman–Crippen LogP) is 4.77. The third-order valence-corrected chi connectivity index (χ3v) is 3.37. The first-order valence-electron chi connectivity index (χ1n) is 4.97. The molecule has 0 aliphatic carbocycles. The Morgan fingerprint density at radius 2 is 2.00 bits per heavy atom. The summed E-state index contributed by atoms with van der Waals surface area (Å²) in [7, 11) is 0. The standard InChI is InChI=1S/C13H9BrFIO/c14-10-5-4-9(13(15)6-10)8-17-12-3-1-2-11(16)7-12/h1-7H,8H2. The van der Waals surface area contributed by atoms with Crippen LogP contribution in [-0.4, -0.2) is 0 Å². The fourth-order valence-electron chi connectivity index (χ4n) is 1.36. The summed E-state index contributed by atoms with van der Waals surface area (Å²) < 4.78 is 20.9. The molecular formula is C13H9BrFIO. The van der Waals surface area contributed by atoms with E-state index in [1.54, 1.807) is 12.1 Å².